The van der Waals surface area contributed by atoms with E-state index in [0.29, 0.717) is 27.9 Å². The highest BCUT2D eigenvalue weighted by atomic mass is 32.2. The monoisotopic (exact) mass is 368 g/mol. The molecule has 26 heavy (non-hydrogen) atoms. The van der Waals surface area contributed by atoms with Crippen LogP contribution in [0.1, 0.15) is 22.8 Å². The molecular formula is C19H16N2O4S. The molecule has 0 saturated carbocycles. The lowest BCUT2D eigenvalue weighted by Gasteiger charge is -2.12. The summed E-state index contributed by atoms with van der Waals surface area (Å²) in [5.74, 6) is -1.14. The molecule has 1 fully saturated rings. The SMILES string of the molecule is CCN1C(=O)C(=Cc2ccccc2O)SC1=Nc1cccc(C(=O)O)c1. The summed E-state index contributed by atoms with van der Waals surface area (Å²) in [4.78, 5) is 30.1. The van der Waals surface area contributed by atoms with Crippen LogP contribution in [0.15, 0.2) is 58.4 Å². The maximum atomic E-state index is 12.6. The van der Waals surface area contributed by atoms with Gasteiger partial charge in [0, 0.05) is 12.1 Å². The molecule has 132 valence electrons. The number of hydrogen-bond donors (Lipinski definition) is 2. The van der Waals surface area contributed by atoms with Crippen LogP contribution in [0.3, 0.4) is 0 Å². The van der Waals surface area contributed by atoms with Crippen LogP contribution in [0.2, 0.25) is 0 Å². The van der Waals surface area contributed by atoms with Gasteiger partial charge in [-0.05, 0) is 49.0 Å². The molecule has 1 saturated heterocycles. The first-order valence-electron chi connectivity index (χ1n) is 7.91. The number of aromatic carboxylic acids is 1. The predicted molar refractivity (Wildman–Crippen MR) is 102 cm³/mol. The smallest absolute Gasteiger partial charge is 0.335 e. The number of aliphatic imine (C=N–C) groups is 1. The van der Waals surface area contributed by atoms with Crippen LogP contribution in [-0.2, 0) is 4.79 Å². The van der Waals surface area contributed by atoms with Crippen LogP contribution in [0, 0.1) is 0 Å². The number of carbonyl (C=O) groups is 2. The van der Waals surface area contributed by atoms with Gasteiger partial charge in [-0.2, -0.15) is 0 Å². The second-order valence-electron chi connectivity index (χ2n) is 5.47. The summed E-state index contributed by atoms with van der Waals surface area (Å²) in [6.07, 6.45) is 1.63. The highest BCUT2D eigenvalue weighted by Gasteiger charge is 2.32. The number of carboxylic acid groups (broad SMARTS) is 1. The number of amidine groups is 1. The third-order valence-corrected chi connectivity index (χ3v) is 4.75. The Kier molecular flexibility index (Phi) is 5.09. The molecule has 1 aliphatic rings. The maximum Gasteiger partial charge on any atom is 0.335 e. The second-order valence-corrected chi connectivity index (χ2v) is 6.48. The Balaban J connectivity index is 1.96. The van der Waals surface area contributed by atoms with Gasteiger partial charge in [-0.1, -0.05) is 24.3 Å². The second kappa shape index (κ2) is 7.45. The zero-order valence-electron chi connectivity index (χ0n) is 13.9. The van der Waals surface area contributed by atoms with Crippen molar-refractivity contribution >= 4 is 40.6 Å². The molecule has 2 N–H and O–H groups in total. The number of hydrogen-bond acceptors (Lipinski definition) is 5. The number of thioether (sulfide) groups is 1. The Bertz CT molecular complexity index is 937. The average Bonchev–Trinajstić information content (AvgIpc) is 2.91. The van der Waals surface area contributed by atoms with E-state index in [-0.39, 0.29) is 17.2 Å². The van der Waals surface area contributed by atoms with E-state index in [0.717, 1.165) is 0 Å². The zero-order valence-corrected chi connectivity index (χ0v) is 14.7. The standard InChI is InChI=1S/C19H16N2O4S/c1-2-21-17(23)16(11-12-6-3-4-9-15(12)22)26-19(21)20-14-8-5-7-13(10-14)18(24)25/h3-11,22H,2H2,1H3,(H,24,25). The number of benzene rings is 2. The number of phenols is 1. The van der Waals surface area contributed by atoms with Crippen molar-refractivity contribution in [1.29, 1.82) is 0 Å². The van der Waals surface area contributed by atoms with Crippen LogP contribution in [0.25, 0.3) is 6.08 Å². The van der Waals surface area contributed by atoms with Gasteiger partial charge in [-0.25, -0.2) is 9.79 Å². The molecule has 7 heteroatoms. The zero-order chi connectivity index (χ0) is 18.7. The fourth-order valence-corrected chi connectivity index (χ4v) is 3.49. The number of nitrogens with zero attached hydrogens (tertiary/aromatic N) is 2. The van der Waals surface area contributed by atoms with E-state index in [9.17, 15) is 14.7 Å². The van der Waals surface area contributed by atoms with Crippen LogP contribution in [-0.4, -0.2) is 38.7 Å². The van der Waals surface area contributed by atoms with E-state index >= 15 is 0 Å². The minimum atomic E-state index is -1.03. The normalized spacial score (nSPS) is 17.3. The number of amides is 1. The van der Waals surface area contributed by atoms with E-state index in [1.165, 1.54) is 28.8 Å². The van der Waals surface area contributed by atoms with E-state index < -0.39 is 5.97 Å². The van der Waals surface area contributed by atoms with Crippen molar-refractivity contribution in [2.75, 3.05) is 6.54 Å². The van der Waals surface area contributed by atoms with Crippen LogP contribution >= 0.6 is 11.8 Å². The molecule has 6 nitrogen and oxygen atoms in total. The molecule has 0 aliphatic carbocycles. The number of likely N-dealkylation sites (N-methyl/N-ethyl adjacent to an activating group) is 1. The summed E-state index contributed by atoms with van der Waals surface area (Å²) in [6.45, 7) is 2.27. The molecule has 0 spiro atoms. The van der Waals surface area contributed by atoms with Gasteiger partial charge in [0.25, 0.3) is 5.91 Å². The molecule has 1 aliphatic heterocycles. The van der Waals surface area contributed by atoms with Gasteiger partial charge in [0.1, 0.15) is 5.75 Å². The number of para-hydroxylation sites is 1. The topological polar surface area (TPSA) is 90.2 Å². The molecule has 1 heterocycles. The predicted octanol–water partition coefficient (Wildman–Crippen LogP) is 3.71. The molecule has 0 bridgehead atoms. The van der Waals surface area contributed by atoms with Gasteiger partial charge in [-0.3, -0.25) is 9.69 Å². The molecule has 0 unspecified atom stereocenters. The summed E-state index contributed by atoms with van der Waals surface area (Å²) in [5.41, 5.74) is 1.14. The summed E-state index contributed by atoms with van der Waals surface area (Å²) >= 11 is 1.19. The highest BCUT2D eigenvalue weighted by molar-refractivity contribution is 8.18. The van der Waals surface area contributed by atoms with Crippen molar-refractivity contribution in [2.45, 2.75) is 6.92 Å². The first-order chi connectivity index (χ1) is 12.5. The van der Waals surface area contributed by atoms with Gasteiger partial charge in [0.2, 0.25) is 0 Å². The Morgan fingerprint density at radius 2 is 2.00 bits per heavy atom. The quantitative estimate of drug-likeness (QED) is 0.803. The van der Waals surface area contributed by atoms with Gasteiger partial charge in [0.15, 0.2) is 5.17 Å². The summed E-state index contributed by atoms with van der Waals surface area (Å²) in [7, 11) is 0. The summed E-state index contributed by atoms with van der Waals surface area (Å²) in [5, 5.41) is 19.5. The number of rotatable bonds is 4. The number of carbonyl (C=O) groups excluding carboxylic acids is 1. The lowest BCUT2D eigenvalue weighted by atomic mass is 10.2. The highest BCUT2D eigenvalue weighted by Crippen LogP contribution is 2.35. The third-order valence-electron chi connectivity index (χ3n) is 3.75. The Morgan fingerprint density at radius 1 is 1.23 bits per heavy atom. The molecule has 2 aromatic rings. The van der Waals surface area contributed by atoms with Crippen molar-refractivity contribution in [1.82, 2.24) is 4.90 Å². The molecule has 0 atom stereocenters. The fourth-order valence-electron chi connectivity index (χ4n) is 2.44. The van der Waals surface area contributed by atoms with Gasteiger partial charge in [0.05, 0.1) is 16.2 Å². The summed E-state index contributed by atoms with van der Waals surface area (Å²) < 4.78 is 0. The maximum absolute atomic E-state index is 12.6. The molecule has 1 amide bonds. The van der Waals surface area contributed by atoms with E-state index in [4.69, 9.17) is 5.11 Å². The van der Waals surface area contributed by atoms with Crippen molar-refractivity contribution in [3.8, 4) is 5.75 Å². The molecule has 2 aromatic carbocycles. The molecule has 3 rings (SSSR count). The van der Waals surface area contributed by atoms with Crippen LogP contribution in [0.4, 0.5) is 5.69 Å². The molecular weight excluding hydrogens is 352 g/mol. The van der Waals surface area contributed by atoms with Crippen molar-refractivity contribution < 1.29 is 19.8 Å². The third kappa shape index (κ3) is 3.62. The van der Waals surface area contributed by atoms with Crippen LogP contribution in [0.5, 0.6) is 5.75 Å². The Labute approximate surface area is 154 Å². The molecule has 0 aromatic heterocycles. The first kappa shape index (κ1) is 17.8. The first-order valence-corrected chi connectivity index (χ1v) is 8.72. The van der Waals surface area contributed by atoms with Gasteiger partial charge < -0.3 is 10.2 Å². The minimum Gasteiger partial charge on any atom is -0.507 e. The number of carboxylic acids is 1. The van der Waals surface area contributed by atoms with Crippen molar-refractivity contribution in [2.24, 2.45) is 4.99 Å². The summed E-state index contributed by atoms with van der Waals surface area (Å²) in [6, 6.07) is 13.0. The Morgan fingerprint density at radius 3 is 2.69 bits per heavy atom. The van der Waals surface area contributed by atoms with Gasteiger partial charge in [-0.15, -0.1) is 0 Å². The van der Waals surface area contributed by atoms with Crippen LogP contribution < -0.4 is 0 Å². The van der Waals surface area contributed by atoms with Crippen molar-refractivity contribution in [3.05, 3.63) is 64.6 Å². The van der Waals surface area contributed by atoms with E-state index in [1.54, 1.807) is 42.5 Å². The van der Waals surface area contributed by atoms with Crippen molar-refractivity contribution in [3.63, 3.8) is 0 Å². The van der Waals surface area contributed by atoms with E-state index in [2.05, 4.69) is 4.99 Å². The average molecular weight is 368 g/mol. The lowest BCUT2D eigenvalue weighted by Crippen LogP contribution is -2.28. The Hall–Kier alpha value is -3.06. The van der Waals surface area contributed by atoms with Gasteiger partial charge >= 0.3 is 5.97 Å². The fraction of sp³-hybridized carbons (Fsp3) is 0.105. The number of phenolic OH excluding ortho intramolecular Hbond substituents is 1. The lowest BCUT2D eigenvalue weighted by molar-refractivity contribution is -0.122. The minimum absolute atomic E-state index is 0.0935. The van der Waals surface area contributed by atoms with E-state index in [1.807, 2.05) is 6.92 Å². The largest absolute Gasteiger partial charge is 0.507 e. The number of aromatic hydroxyl groups is 1. The molecule has 0 radical (unpaired) electrons.